The van der Waals surface area contributed by atoms with Gasteiger partial charge in [-0.25, -0.2) is 0 Å². The van der Waals surface area contributed by atoms with Crippen molar-refractivity contribution in [1.29, 1.82) is 0 Å². The number of halogens is 3. The van der Waals surface area contributed by atoms with Crippen LogP contribution in [-0.4, -0.2) is 18.8 Å². The molecule has 24 heavy (non-hydrogen) atoms. The van der Waals surface area contributed by atoms with E-state index in [0.29, 0.717) is 22.1 Å². The Morgan fingerprint density at radius 3 is 2.33 bits per heavy atom. The van der Waals surface area contributed by atoms with Crippen LogP contribution in [0.1, 0.15) is 5.56 Å². The zero-order valence-electron chi connectivity index (χ0n) is 12.9. The van der Waals surface area contributed by atoms with Crippen LogP contribution in [0.4, 0.5) is 20.2 Å². The first-order chi connectivity index (χ1) is 11.4. The summed E-state index contributed by atoms with van der Waals surface area (Å²) in [7, 11) is 1.51. The standard InChI is InChI=1S/C16H15ClF2N2O2S/c1-9-3-5-14(23-15(18)19)11(7-9)20-16(24)21-12-8-10(17)4-6-13(12)22-2/h3-8,15H,1-2H3,(H2,20,21,24). The predicted octanol–water partition coefficient (Wildman–Crippen LogP) is 5.07. The lowest BCUT2D eigenvalue weighted by molar-refractivity contribution is -0.0493. The maximum absolute atomic E-state index is 12.5. The van der Waals surface area contributed by atoms with Crippen LogP contribution >= 0.6 is 23.8 Å². The molecule has 0 aliphatic rings. The Kier molecular flexibility index (Phi) is 6.16. The van der Waals surface area contributed by atoms with Crippen molar-refractivity contribution in [3.63, 3.8) is 0 Å². The molecule has 2 aromatic carbocycles. The third-order valence-electron chi connectivity index (χ3n) is 3.01. The SMILES string of the molecule is COc1ccc(Cl)cc1NC(=S)Nc1cc(C)ccc1OC(F)F. The fraction of sp³-hybridized carbons (Fsp3) is 0.188. The Bertz CT molecular complexity index is 744. The number of alkyl halides is 2. The van der Waals surface area contributed by atoms with E-state index in [0.717, 1.165) is 5.56 Å². The summed E-state index contributed by atoms with van der Waals surface area (Å²) < 4.78 is 34.7. The lowest BCUT2D eigenvalue weighted by Gasteiger charge is -2.16. The van der Waals surface area contributed by atoms with Gasteiger partial charge in [0.2, 0.25) is 0 Å². The Balaban J connectivity index is 2.18. The van der Waals surface area contributed by atoms with Gasteiger partial charge >= 0.3 is 6.61 Å². The van der Waals surface area contributed by atoms with E-state index in [1.165, 1.54) is 13.2 Å². The Labute approximate surface area is 148 Å². The van der Waals surface area contributed by atoms with Gasteiger partial charge in [0, 0.05) is 5.02 Å². The largest absolute Gasteiger partial charge is 0.495 e. The lowest BCUT2D eigenvalue weighted by Crippen LogP contribution is -2.20. The van der Waals surface area contributed by atoms with Gasteiger partial charge in [-0.05, 0) is 55.0 Å². The number of hydrogen-bond donors (Lipinski definition) is 2. The summed E-state index contributed by atoms with van der Waals surface area (Å²) in [5, 5.41) is 6.44. The van der Waals surface area contributed by atoms with Crippen molar-refractivity contribution in [1.82, 2.24) is 0 Å². The van der Waals surface area contributed by atoms with Crippen LogP contribution < -0.4 is 20.1 Å². The molecule has 0 amide bonds. The summed E-state index contributed by atoms with van der Waals surface area (Å²) >= 11 is 11.2. The second-order valence-corrected chi connectivity index (χ2v) is 5.65. The summed E-state index contributed by atoms with van der Waals surface area (Å²) in [4.78, 5) is 0. The predicted molar refractivity (Wildman–Crippen MR) is 95.7 cm³/mol. The van der Waals surface area contributed by atoms with Gasteiger partial charge in [0.15, 0.2) is 5.11 Å². The van der Waals surface area contributed by atoms with E-state index in [9.17, 15) is 8.78 Å². The molecule has 0 unspecified atom stereocenters. The van der Waals surface area contributed by atoms with Crippen molar-refractivity contribution in [2.45, 2.75) is 13.5 Å². The first kappa shape index (κ1) is 18.2. The van der Waals surface area contributed by atoms with Gasteiger partial charge in [-0.1, -0.05) is 17.7 Å². The van der Waals surface area contributed by atoms with Crippen molar-refractivity contribution < 1.29 is 18.3 Å². The van der Waals surface area contributed by atoms with E-state index in [-0.39, 0.29) is 10.9 Å². The molecule has 0 atom stereocenters. The fourth-order valence-corrected chi connectivity index (χ4v) is 2.39. The molecule has 8 heteroatoms. The van der Waals surface area contributed by atoms with Gasteiger partial charge in [0.05, 0.1) is 18.5 Å². The Morgan fingerprint density at radius 2 is 1.71 bits per heavy atom. The second kappa shape index (κ2) is 8.12. The average molecular weight is 373 g/mol. The molecule has 128 valence electrons. The van der Waals surface area contributed by atoms with Crippen molar-refractivity contribution in [2.75, 3.05) is 17.7 Å². The van der Waals surface area contributed by atoms with E-state index in [4.69, 9.17) is 28.6 Å². The number of ether oxygens (including phenoxy) is 2. The van der Waals surface area contributed by atoms with Crippen LogP contribution in [-0.2, 0) is 0 Å². The highest BCUT2D eigenvalue weighted by molar-refractivity contribution is 7.80. The summed E-state index contributed by atoms with van der Waals surface area (Å²) in [5.41, 5.74) is 1.74. The monoisotopic (exact) mass is 372 g/mol. The second-order valence-electron chi connectivity index (χ2n) is 4.80. The Morgan fingerprint density at radius 1 is 1.08 bits per heavy atom. The van der Waals surface area contributed by atoms with Crippen molar-refractivity contribution in [2.24, 2.45) is 0 Å². The summed E-state index contributed by atoms with van der Waals surface area (Å²) in [6, 6.07) is 9.77. The molecule has 4 nitrogen and oxygen atoms in total. The summed E-state index contributed by atoms with van der Waals surface area (Å²) in [6.07, 6.45) is 0. The smallest absolute Gasteiger partial charge is 0.387 e. The number of aryl methyl sites for hydroxylation is 1. The van der Waals surface area contributed by atoms with Crippen LogP contribution in [0.2, 0.25) is 5.02 Å². The molecule has 2 N–H and O–H groups in total. The van der Waals surface area contributed by atoms with Crippen LogP contribution in [0.5, 0.6) is 11.5 Å². The molecule has 0 radical (unpaired) electrons. The number of anilines is 2. The molecular formula is C16H15ClF2N2O2S. The van der Waals surface area contributed by atoms with E-state index >= 15 is 0 Å². The normalized spacial score (nSPS) is 10.4. The minimum Gasteiger partial charge on any atom is -0.495 e. The van der Waals surface area contributed by atoms with Gasteiger partial charge in [0.1, 0.15) is 11.5 Å². The number of methoxy groups -OCH3 is 1. The summed E-state index contributed by atoms with van der Waals surface area (Å²) in [6.45, 7) is -1.10. The molecule has 2 aromatic rings. The number of rotatable bonds is 5. The zero-order valence-corrected chi connectivity index (χ0v) is 14.5. The van der Waals surface area contributed by atoms with Crippen molar-refractivity contribution in [3.8, 4) is 11.5 Å². The van der Waals surface area contributed by atoms with Crippen LogP contribution in [0, 0.1) is 6.92 Å². The third-order valence-corrected chi connectivity index (χ3v) is 3.45. The number of hydrogen-bond acceptors (Lipinski definition) is 3. The summed E-state index contributed by atoms with van der Waals surface area (Å²) in [5.74, 6) is 0.537. The lowest BCUT2D eigenvalue weighted by atomic mass is 10.2. The van der Waals surface area contributed by atoms with Crippen LogP contribution in [0.15, 0.2) is 36.4 Å². The quantitative estimate of drug-likeness (QED) is 0.717. The molecule has 0 aliphatic heterocycles. The van der Waals surface area contributed by atoms with Gasteiger partial charge in [0.25, 0.3) is 0 Å². The molecule has 2 rings (SSSR count). The third kappa shape index (κ3) is 4.94. The molecule has 0 spiro atoms. The first-order valence-electron chi connectivity index (χ1n) is 6.86. The number of nitrogens with one attached hydrogen (secondary N) is 2. The van der Waals surface area contributed by atoms with E-state index in [2.05, 4.69) is 15.4 Å². The minimum absolute atomic E-state index is 0.00203. The van der Waals surface area contributed by atoms with E-state index in [1.807, 2.05) is 6.92 Å². The van der Waals surface area contributed by atoms with E-state index < -0.39 is 6.61 Å². The molecular weight excluding hydrogens is 358 g/mol. The van der Waals surface area contributed by atoms with Gasteiger partial charge < -0.3 is 20.1 Å². The fourth-order valence-electron chi connectivity index (χ4n) is 1.99. The molecule has 0 aromatic heterocycles. The Hall–Kier alpha value is -2.12. The van der Waals surface area contributed by atoms with Gasteiger partial charge in [-0.2, -0.15) is 8.78 Å². The van der Waals surface area contributed by atoms with E-state index in [1.54, 1.807) is 30.3 Å². The zero-order chi connectivity index (χ0) is 17.7. The topological polar surface area (TPSA) is 42.5 Å². The molecule has 0 fully saturated rings. The maximum Gasteiger partial charge on any atom is 0.387 e. The molecule has 0 saturated carbocycles. The first-order valence-corrected chi connectivity index (χ1v) is 7.64. The average Bonchev–Trinajstić information content (AvgIpc) is 2.50. The highest BCUT2D eigenvalue weighted by Gasteiger charge is 2.12. The van der Waals surface area contributed by atoms with Crippen LogP contribution in [0.3, 0.4) is 0 Å². The maximum atomic E-state index is 12.5. The molecule has 0 aliphatic carbocycles. The minimum atomic E-state index is -2.93. The molecule has 0 heterocycles. The van der Waals surface area contributed by atoms with Crippen molar-refractivity contribution >= 4 is 40.3 Å². The highest BCUT2D eigenvalue weighted by atomic mass is 35.5. The highest BCUT2D eigenvalue weighted by Crippen LogP contribution is 2.30. The number of benzene rings is 2. The van der Waals surface area contributed by atoms with Crippen LogP contribution in [0.25, 0.3) is 0 Å². The molecule has 0 saturated heterocycles. The van der Waals surface area contributed by atoms with Gasteiger partial charge in [-0.15, -0.1) is 0 Å². The molecule has 0 bridgehead atoms. The van der Waals surface area contributed by atoms with Crippen molar-refractivity contribution in [3.05, 3.63) is 47.0 Å². The van der Waals surface area contributed by atoms with Gasteiger partial charge in [-0.3, -0.25) is 0 Å². The number of thiocarbonyl (C=S) groups is 1.